The van der Waals surface area contributed by atoms with Crippen molar-refractivity contribution in [2.75, 3.05) is 25.0 Å². The number of aromatic nitrogens is 1. The molecule has 0 saturated carbocycles. The quantitative estimate of drug-likeness (QED) is 0.203. The van der Waals surface area contributed by atoms with Gasteiger partial charge in [-0.15, -0.1) is 22.9 Å². The molecule has 0 aliphatic carbocycles. The van der Waals surface area contributed by atoms with Crippen molar-refractivity contribution in [2.45, 2.75) is 90.4 Å². The molecule has 0 spiro atoms. The molecule has 174 valence electrons. The molecular formula is C25H40ClN3OS. The first kappa shape index (κ1) is 25.9. The highest BCUT2D eigenvalue weighted by Crippen LogP contribution is 2.32. The number of unbranched alkanes of at least 4 members (excludes halogenated alkanes) is 9. The van der Waals surface area contributed by atoms with Gasteiger partial charge in [-0.1, -0.05) is 64.7 Å². The van der Waals surface area contributed by atoms with E-state index in [1.807, 2.05) is 13.8 Å². The summed E-state index contributed by atoms with van der Waals surface area (Å²) in [5.41, 5.74) is 1.99. The van der Waals surface area contributed by atoms with Crippen LogP contribution in [-0.2, 0) is 4.79 Å². The zero-order valence-electron chi connectivity index (χ0n) is 19.6. The van der Waals surface area contributed by atoms with E-state index in [-0.39, 0.29) is 5.91 Å². The van der Waals surface area contributed by atoms with Gasteiger partial charge in [0, 0.05) is 25.3 Å². The number of benzene rings is 1. The van der Waals surface area contributed by atoms with Crippen molar-refractivity contribution < 1.29 is 4.79 Å². The largest absolute Gasteiger partial charge is 0.385 e. The minimum atomic E-state index is -0.708. The monoisotopic (exact) mass is 465 g/mol. The predicted octanol–water partition coefficient (Wildman–Crippen LogP) is 7.78. The third kappa shape index (κ3) is 8.61. The summed E-state index contributed by atoms with van der Waals surface area (Å²) in [5, 5.41) is 3.49. The number of rotatable bonds is 16. The van der Waals surface area contributed by atoms with Crippen LogP contribution in [-0.4, -0.2) is 35.4 Å². The summed E-state index contributed by atoms with van der Waals surface area (Å²) in [5.74, 6) is -0.0648. The zero-order chi connectivity index (χ0) is 22.5. The van der Waals surface area contributed by atoms with Gasteiger partial charge in [-0.2, -0.15) is 0 Å². The van der Waals surface area contributed by atoms with Gasteiger partial charge in [0.2, 0.25) is 5.91 Å². The van der Waals surface area contributed by atoms with E-state index in [9.17, 15) is 4.79 Å². The van der Waals surface area contributed by atoms with E-state index in [2.05, 4.69) is 35.4 Å². The number of carbonyl (C=O) groups is 1. The Kier molecular flexibility index (Phi) is 12.3. The lowest BCUT2D eigenvalue weighted by molar-refractivity contribution is -0.130. The first-order valence-electron chi connectivity index (χ1n) is 12.2. The number of carbonyl (C=O) groups excluding carboxylic acids is 1. The van der Waals surface area contributed by atoms with Crippen LogP contribution in [0.4, 0.5) is 5.69 Å². The molecule has 6 heteroatoms. The van der Waals surface area contributed by atoms with Crippen molar-refractivity contribution in [2.24, 2.45) is 0 Å². The summed E-state index contributed by atoms with van der Waals surface area (Å²) in [6.07, 6.45) is 13.5. The summed E-state index contributed by atoms with van der Waals surface area (Å²) in [6.45, 7) is 8.52. The fourth-order valence-electron chi connectivity index (χ4n) is 3.81. The molecule has 4 nitrogen and oxygen atoms in total. The molecule has 1 aromatic heterocycles. The first-order chi connectivity index (χ1) is 15.1. The second-order valence-electron chi connectivity index (χ2n) is 8.22. The number of thiazole rings is 1. The highest BCUT2D eigenvalue weighted by molar-refractivity contribution is 7.19. The van der Waals surface area contributed by atoms with Gasteiger partial charge in [0.05, 0.1) is 10.2 Å². The number of amides is 1. The van der Waals surface area contributed by atoms with Crippen LogP contribution in [0.1, 0.15) is 95.4 Å². The van der Waals surface area contributed by atoms with Gasteiger partial charge < -0.3 is 10.2 Å². The lowest BCUT2D eigenvalue weighted by Gasteiger charge is -2.20. The molecule has 2 rings (SSSR count). The van der Waals surface area contributed by atoms with Crippen LogP contribution in [0.25, 0.3) is 10.2 Å². The normalized spacial score (nSPS) is 12.3. The van der Waals surface area contributed by atoms with Crippen LogP contribution in [0, 0.1) is 0 Å². The number of hydrogen-bond acceptors (Lipinski definition) is 4. The van der Waals surface area contributed by atoms with Crippen LogP contribution in [0.3, 0.4) is 0 Å². The van der Waals surface area contributed by atoms with Gasteiger partial charge in [-0.3, -0.25) is 4.79 Å². The maximum atomic E-state index is 12.5. The standard InChI is InChI=1S/C25H40ClN3OS/c1-4-7-8-9-10-11-12-13-14-15-18-27-20-16-17-22-21(19-20)28-24(31-22)23(26)25(30)29(5-2)6-3/h16-17,19,23,27H,4-15,18H2,1-3H3. The molecule has 0 fully saturated rings. The highest BCUT2D eigenvalue weighted by atomic mass is 35.5. The van der Waals surface area contributed by atoms with Crippen molar-refractivity contribution in [1.82, 2.24) is 9.88 Å². The number of halogens is 1. The van der Waals surface area contributed by atoms with Gasteiger partial charge in [0.15, 0.2) is 5.38 Å². The van der Waals surface area contributed by atoms with Gasteiger partial charge in [0.1, 0.15) is 5.01 Å². The molecule has 0 aliphatic heterocycles. The van der Waals surface area contributed by atoms with Crippen LogP contribution >= 0.6 is 22.9 Å². The van der Waals surface area contributed by atoms with E-state index in [1.165, 1.54) is 75.5 Å². The minimum absolute atomic E-state index is 0.0648. The Morgan fingerprint density at radius 3 is 2.23 bits per heavy atom. The Hall–Kier alpha value is -1.33. The van der Waals surface area contributed by atoms with Crippen LogP contribution < -0.4 is 5.32 Å². The van der Waals surface area contributed by atoms with Crippen molar-refractivity contribution in [3.63, 3.8) is 0 Å². The average molecular weight is 466 g/mol. The second-order valence-corrected chi connectivity index (χ2v) is 9.72. The Labute approximate surface area is 197 Å². The number of fused-ring (bicyclic) bond motifs is 1. The number of nitrogens with zero attached hydrogens (tertiary/aromatic N) is 2. The molecule has 1 aromatic carbocycles. The zero-order valence-corrected chi connectivity index (χ0v) is 21.2. The Morgan fingerprint density at radius 2 is 1.61 bits per heavy atom. The van der Waals surface area contributed by atoms with Gasteiger partial charge in [-0.25, -0.2) is 4.98 Å². The Bertz CT molecular complexity index is 775. The van der Waals surface area contributed by atoms with Crippen molar-refractivity contribution in [3.8, 4) is 0 Å². The summed E-state index contributed by atoms with van der Waals surface area (Å²) >= 11 is 7.96. The minimum Gasteiger partial charge on any atom is -0.385 e. The van der Waals surface area contributed by atoms with E-state index in [0.29, 0.717) is 18.1 Å². The summed E-state index contributed by atoms with van der Waals surface area (Å²) < 4.78 is 1.07. The van der Waals surface area contributed by atoms with Crippen molar-refractivity contribution in [1.29, 1.82) is 0 Å². The fraction of sp³-hybridized carbons (Fsp3) is 0.680. The molecule has 1 heterocycles. The molecular weight excluding hydrogens is 426 g/mol. The third-order valence-corrected chi connectivity index (χ3v) is 7.40. The molecule has 0 aliphatic rings. The lowest BCUT2D eigenvalue weighted by Crippen LogP contribution is -2.33. The maximum Gasteiger partial charge on any atom is 0.247 e. The van der Waals surface area contributed by atoms with Gasteiger partial charge >= 0.3 is 0 Å². The lowest BCUT2D eigenvalue weighted by atomic mass is 10.1. The smallest absolute Gasteiger partial charge is 0.247 e. The molecule has 1 N–H and O–H groups in total. The molecule has 0 bridgehead atoms. The molecule has 0 saturated heterocycles. The van der Waals surface area contributed by atoms with Crippen molar-refractivity contribution >= 4 is 44.7 Å². The van der Waals surface area contributed by atoms with Gasteiger partial charge in [-0.05, 0) is 38.5 Å². The highest BCUT2D eigenvalue weighted by Gasteiger charge is 2.25. The average Bonchev–Trinajstić information content (AvgIpc) is 3.21. The fourth-order valence-corrected chi connectivity index (χ4v) is 5.05. The topological polar surface area (TPSA) is 45.2 Å². The van der Waals surface area contributed by atoms with Crippen molar-refractivity contribution in [3.05, 3.63) is 23.2 Å². The van der Waals surface area contributed by atoms with E-state index < -0.39 is 5.38 Å². The predicted molar refractivity (Wildman–Crippen MR) is 136 cm³/mol. The Balaban J connectivity index is 1.72. The second kappa shape index (κ2) is 14.7. The number of likely N-dealkylation sites (N-methyl/N-ethyl adjacent to an activating group) is 1. The molecule has 31 heavy (non-hydrogen) atoms. The SMILES string of the molecule is CCCCCCCCCCCCNc1ccc2sc(C(Cl)C(=O)N(CC)CC)nc2c1. The van der Waals surface area contributed by atoms with Crippen LogP contribution in [0.2, 0.25) is 0 Å². The summed E-state index contributed by atoms with van der Waals surface area (Å²) in [6, 6.07) is 6.23. The first-order valence-corrected chi connectivity index (χ1v) is 13.4. The van der Waals surface area contributed by atoms with E-state index in [1.54, 1.807) is 4.90 Å². The number of nitrogens with one attached hydrogen (secondary N) is 1. The molecule has 1 amide bonds. The van der Waals surface area contributed by atoms with Gasteiger partial charge in [0.25, 0.3) is 0 Å². The molecule has 2 aromatic rings. The van der Waals surface area contributed by atoms with E-state index in [4.69, 9.17) is 11.6 Å². The van der Waals surface area contributed by atoms with E-state index >= 15 is 0 Å². The summed E-state index contributed by atoms with van der Waals surface area (Å²) in [7, 11) is 0. The molecule has 1 atom stereocenters. The number of alkyl halides is 1. The summed E-state index contributed by atoms with van der Waals surface area (Å²) in [4.78, 5) is 18.9. The molecule has 0 radical (unpaired) electrons. The number of hydrogen-bond donors (Lipinski definition) is 1. The van der Waals surface area contributed by atoms with E-state index in [0.717, 1.165) is 22.4 Å². The molecule has 1 unspecified atom stereocenters. The Morgan fingerprint density at radius 1 is 1.00 bits per heavy atom. The van der Waals surface area contributed by atoms with Crippen LogP contribution in [0.5, 0.6) is 0 Å². The maximum absolute atomic E-state index is 12.5. The van der Waals surface area contributed by atoms with Crippen LogP contribution in [0.15, 0.2) is 18.2 Å². The third-order valence-electron chi connectivity index (χ3n) is 5.77. The number of anilines is 1.